The van der Waals surface area contributed by atoms with Crippen LogP contribution in [0.25, 0.3) is 0 Å². The van der Waals surface area contributed by atoms with Crippen LogP contribution in [0.15, 0.2) is 47.5 Å². The molecule has 0 spiro atoms. The predicted octanol–water partition coefficient (Wildman–Crippen LogP) is 2.23. The van der Waals surface area contributed by atoms with E-state index in [9.17, 15) is 4.79 Å². The molecule has 1 heterocycles. The van der Waals surface area contributed by atoms with Gasteiger partial charge in [-0.15, -0.1) is 0 Å². The van der Waals surface area contributed by atoms with Crippen molar-refractivity contribution >= 4 is 5.82 Å². The quantitative estimate of drug-likeness (QED) is 0.891. The Morgan fingerprint density at radius 1 is 1.26 bits per heavy atom. The minimum atomic E-state index is -0.00179. The molecule has 3 rings (SSSR count). The van der Waals surface area contributed by atoms with E-state index in [2.05, 4.69) is 22.4 Å². The lowest BCUT2D eigenvalue weighted by atomic mass is 10.1. The summed E-state index contributed by atoms with van der Waals surface area (Å²) >= 11 is 0. The van der Waals surface area contributed by atoms with Crippen molar-refractivity contribution in [2.24, 2.45) is 0 Å². The molecule has 4 heteroatoms. The summed E-state index contributed by atoms with van der Waals surface area (Å²) in [4.78, 5) is 16.3. The van der Waals surface area contributed by atoms with E-state index >= 15 is 0 Å². The molecule has 0 amide bonds. The average Bonchev–Trinajstić information content (AvgIpc) is 3.26. The van der Waals surface area contributed by atoms with Crippen LogP contribution in [-0.2, 0) is 6.42 Å². The minimum Gasteiger partial charge on any atom is -0.365 e. The average molecular weight is 255 g/mol. The van der Waals surface area contributed by atoms with E-state index in [-0.39, 0.29) is 5.56 Å². The lowest BCUT2D eigenvalue weighted by molar-refractivity contribution is 0.699. The first kappa shape index (κ1) is 12.0. The highest BCUT2D eigenvalue weighted by molar-refractivity contribution is 5.31. The van der Waals surface area contributed by atoms with Crippen molar-refractivity contribution in [2.75, 3.05) is 11.9 Å². The zero-order chi connectivity index (χ0) is 13.1. The molecule has 0 bridgehead atoms. The highest BCUT2D eigenvalue weighted by Crippen LogP contribution is 2.33. The fourth-order valence-corrected chi connectivity index (χ4v) is 2.16. The number of hydrogen-bond acceptors (Lipinski definition) is 3. The molecule has 1 saturated carbocycles. The smallest absolute Gasteiger partial charge is 0.293 e. The standard InChI is InChI=1S/C15H17N3O/c19-15-14(17-10-11-18(15)13-6-7-13)16-9-8-12-4-2-1-3-5-12/h1-5,10-11,13H,6-9H2,(H,16,17). The fourth-order valence-electron chi connectivity index (χ4n) is 2.16. The van der Waals surface area contributed by atoms with Gasteiger partial charge in [-0.05, 0) is 24.8 Å². The van der Waals surface area contributed by atoms with Crippen molar-refractivity contribution in [3.8, 4) is 0 Å². The van der Waals surface area contributed by atoms with Gasteiger partial charge in [0.25, 0.3) is 5.56 Å². The molecule has 0 saturated heterocycles. The topological polar surface area (TPSA) is 46.9 Å². The van der Waals surface area contributed by atoms with Gasteiger partial charge in [0.1, 0.15) is 0 Å². The Hall–Kier alpha value is -2.10. The van der Waals surface area contributed by atoms with Crippen LogP contribution in [0.1, 0.15) is 24.4 Å². The molecular formula is C15H17N3O. The van der Waals surface area contributed by atoms with Gasteiger partial charge in [0.15, 0.2) is 5.82 Å². The van der Waals surface area contributed by atoms with Crippen LogP contribution in [-0.4, -0.2) is 16.1 Å². The number of rotatable bonds is 5. The van der Waals surface area contributed by atoms with Gasteiger partial charge in [-0.25, -0.2) is 4.98 Å². The molecule has 19 heavy (non-hydrogen) atoms. The summed E-state index contributed by atoms with van der Waals surface area (Å²) in [6.07, 6.45) is 6.58. The second-order valence-corrected chi connectivity index (χ2v) is 4.88. The minimum absolute atomic E-state index is 0.00179. The Morgan fingerprint density at radius 2 is 2.05 bits per heavy atom. The molecule has 1 aromatic heterocycles. The molecule has 0 aliphatic heterocycles. The molecule has 0 unspecified atom stereocenters. The predicted molar refractivity (Wildman–Crippen MR) is 75.4 cm³/mol. The maximum atomic E-state index is 12.1. The SMILES string of the molecule is O=c1c(NCCc2ccccc2)nccn1C1CC1. The summed E-state index contributed by atoms with van der Waals surface area (Å²) in [7, 11) is 0. The second-order valence-electron chi connectivity index (χ2n) is 4.88. The second kappa shape index (κ2) is 5.26. The monoisotopic (exact) mass is 255 g/mol. The van der Waals surface area contributed by atoms with E-state index in [1.54, 1.807) is 17.0 Å². The molecule has 2 aromatic rings. The molecule has 4 nitrogen and oxygen atoms in total. The fraction of sp³-hybridized carbons (Fsp3) is 0.333. The highest BCUT2D eigenvalue weighted by atomic mass is 16.1. The molecule has 1 aliphatic carbocycles. The van der Waals surface area contributed by atoms with Crippen LogP contribution in [0.2, 0.25) is 0 Å². The van der Waals surface area contributed by atoms with Crippen LogP contribution < -0.4 is 10.9 Å². The maximum absolute atomic E-state index is 12.1. The summed E-state index contributed by atoms with van der Waals surface area (Å²) in [6, 6.07) is 10.6. The third kappa shape index (κ3) is 2.84. The first-order valence-electron chi connectivity index (χ1n) is 6.69. The molecule has 0 radical (unpaired) electrons. The highest BCUT2D eigenvalue weighted by Gasteiger charge is 2.25. The summed E-state index contributed by atoms with van der Waals surface area (Å²) in [6.45, 7) is 0.723. The summed E-state index contributed by atoms with van der Waals surface area (Å²) in [5.41, 5.74) is 1.26. The Morgan fingerprint density at radius 3 is 2.79 bits per heavy atom. The number of hydrogen-bond donors (Lipinski definition) is 1. The lowest BCUT2D eigenvalue weighted by Crippen LogP contribution is -2.24. The van der Waals surface area contributed by atoms with Gasteiger partial charge >= 0.3 is 0 Å². The zero-order valence-electron chi connectivity index (χ0n) is 10.7. The number of aromatic nitrogens is 2. The van der Waals surface area contributed by atoms with E-state index in [1.165, 1.54) is 5.56 Å². The first-order valence-corrected chi connectivity index (χ1v) is 6.69. The molecule has 1 N–H and O–H groups in total. The lowest BCUT2D eigenvalue weighted by Gasteiger charge is -2.08. The van der Waals surface area contributed by atoms with Gasteiger partial charge in [-0.2, -0.15) is 0 Å². The van der Waals surface area contributed by atoms with Crippen molar-refractivity contribution in [1.82, 2.24) is 9.55 Å². The number of nitrogens with zero attached hydrogens (tertiary/aromatic N) is 2. The molecule has 1 fully saturated rings. The van der Waals surface area contributed by atoms with Gasteiger partial charge < -0.3 is 9.88 Å². The van der Waals surface area contributed by atoms with Crippen LogP contribution in [0, 0.1) is 0 Å². The van der Waals surface area contributed by atoms with Gasteiger partial charge in [0, 0.05) is 25.0 Å². The summed E-state index contributed by atoms with van der Waals surface area (Å²) in [5, 5.41) is 3.14. The van der Waals surface area contributed by atoms with Crippen LogP contribution in [0.3, 0.4) is 0 Å². The molecule has 98 valence electrons. The van der Waals surface area contributed by atoms with E-state index in [4.69, 9.17) is 0 Å². The van der Waals surface area contributed by atoms with Crippen molar-refractivity contribution in [3.63, 3.8) is 0 Å². The number of benzene rings is 1. The zero-order valence-corrected chi connectivity index (χ0v) is 10.7. The van der Waals surface area contributed by atoms with Crippen molar-refractivity contribution in [2.45, 2.75) is 25.3 Å². The molecular weight excluding hydrogens is 238 g/mol. The van der Waals surface area contributed by atoms with E-state index in [0.29, 0.717) is 11.9 Å². The Bertz CT molecular complexity index is 602. The number of anilines is 1. The van der Waals surface area contributed by atoms with Crippen LogP contribution in [0.4, 0.5) is 5.82 Å². The maximum Gasteiger partial charge on any atom is 0.293 e. The van der Waals surface area contributed by atoms with E-state index in [0.717, 1.165) is 25.8 Å². The van der Waals surface area contributed by atoms with Gasteiger partial charge in [0.05, 0.1) is 0 Å². The van der Waals surface area contributed by atoms with E-state index in [1.807, 2.05) is 18.2 Å². The third-order valence-corrected chi connectivity index (χ3v) is 3.36. The van der Waals surface area contributed by atoms with Crippen molar-refractivity contribution in [3.05, 3.63) is 58.6 Å². The largest absolute Gasteiger partial charge is 0.365 e. The summed E-state index contributed by atoms with van der Waals surface area (Å²) in [5.74, 6) is 0.463. The normalized spacial score (nSPS) is 14.3. The Balaban J connectivity index is 1.64. The van der Waals surface area contributed by atoms with Gasteiger partial charge in [-0.3, -0.25) is 4.79 Å². The molecule has 1 aliphatic rings. The Labute approximate surface area is 112 Å². The first-order chi connectivity index (χ1) is 9.34. The molecule has 1 aromatic carbocycles. The number of nitrogens with one attached hydrogen (secondary N) is 1. The van der Waals surface area contributed by atoms with Gasteiger partial charge in [0.2, 0.25) is 0 Å². The third-order valence-electron chi connectivity index (χ3n) is 3.36. The van der Waals surface area contributed by atoms with Crippen LogP contribution >= 0.6 is 0 Å². The van der Waals surface area contributed by atoms with Crippen LogP contribution in [0.5, 0.6) is 0 Å². The Kier molecular flexibility index (Phi) is 3.31. The van der Waals surface area contributed by atoms with E-state index < -0.39 is 0 Å². The molecule has 0 atom stereocenters. The summed E-state index contributed by atoms with van der Waals surface area (Å²) < 4.78 is 1.79. The van der Waals surface area contributed by atoms with Gasteiger partial charge in [-0.1, -0.05) is 30.3 Å². The van der Waals surface area contributed by atoms with Crippen molar-refractivity contribution < 1.29 is 0 Å². The van der Waals surface area contributed by atoms with Crippen molar-refractivity contribution in [1.29, 1.82) is 0 Å².